The maximum atomic E-state index is 5.46. The van der Waals surface area contributed by atoms with Gasteiger partial charge in [-0.25, -0.2) is 15.8 Å². The molecule has 106 valence electrons. The molecule has 0 unspecified atom stereocenters. The van der Waals surface area contributed by atoms with Gasteiger partial charge in [-0.2, -0.15) is 0 Å². The van der Waals surface area contributed by atoms with Crippen LogP contribution in [0.5, 0.6) is 0 Å². The Morgan fingerprint density at radius 1 is 1.20 bits per heavy atom. The van der Waals surface area contributed by atoms with Gasteiger partial charge in [-0.05, 0) is 31.7 Å². The van der Waals surface area contributed by atoms with E-state index in [0.29, 0.717) is 11.0 Å². The molecule has 2 rings (SSSR count). The molecule has 0 saturated carbocycles. The highest BCUT2D eigenvalue weighted by atomic mass is 32.2. The van der Waals surface area contributed by atoms with Crippen LogP contribution in [-0.2, 0) is 0 Å². The number of hydrazine groups is 1. The molecule has 6 heteroatoms. The molecule has 5 nitrogen and oxygen atoms in total. The van der Waals surface area contributed by atoms with Gasteiger partial charge >= 0.3 is 0 Å². The van der Waals surface area contributed by atoms with Crippen molar-refractivity contribution in [2.45, 2.75) is 19.0 Å². The van der Waals surface area contributed by atoms with E-state index in [1.807, 2.05) is 24.3 Å². The first-order valence-electron chi connectivity index (χ1n) is 6.26. The summed E-state index contributed by atoms with van der Waals surface area (Å²) in [6.45, 7) is 4.18. The van der Waals surface area contributed by atoms with Crippen molar-refractivity contribution in [1.29, 1.82) is 0 Å². The second kappa shape index (κ2) is 6.11. The van der Waals surface area contributed by atoms with E-state index in [1.165, 1.54) is 22.9 Å². The van der Waals surface area contributed by atoms with Crippen molar-refractivity contribution in [2.24, 2.45) is 5.84 Å². The number of rotatable bonds is 4. The third kappa shape index (κ3) is 3.02. The first-order chi connectivity index (χ1) is 9.55. The quantitative estimate of drug-likeness (QED) is 0.390. The zero-order valence-electron chi connectivity index (χ0n) is 12.1. The van der Waals surface area contributed by atoms with Crippen LogP contribution in [-0.4, -0.2) is 23.3 Å². The molecule has 2 aromatic rings. The van der Waals surface area contributed by atoms with Gasteiger partial charge in [-0.3, -0.25) is 0 Å². The van der Waals surface area contributed by atoms with Gasteiger partial charge in [0.2, 0.25) is 0 Å². The van der Waals surface area contributed by atoms with Crippen molar-refractivity contribution in [1.82, 2.24) is 9.97 Å². The fourth-order valence-electron chi connectivity index (χ4n) is 2.06. The maximum absolute atomic E-state index is 5.46. The Labute approximate surface area is 123 Å². The van der Waals surface area contributed by atoms with Crippen molar-refractivity contribution in [3.8, 4) is 0 Å². The molecule has 0 aliphatic heterocycles. The summed E-state index contributed by atoms with van der Waals surface area (Å²) in [6, 6.07) is 8.18. The van der Waals surface area contributed by atoms with E-state index >= 15 is 0 Å². The molecule has 0 radical (unpaired) electrons. The smallest absolute Gasteiger partial charge is 0.191 e. The number of nitrogen functional groups attached to an aromatic ring is 1. The Bertz CT molecular complexity index is 592. The summed E-state index contributed by atoms with van der Waals surface area (Å²) < 4.78 is 0. The minimum Gasteiger partial charge on any atom is -0.329 e. The number of nitrogens with zero attached hydrogens (tertiary/aromatic N) is 3. The van der Waals surface area contributed by atoms with Crippen LogP contribution in [0.1, 0.15) is 11.1 Å². The van der Waals surface area contributed by atoms with Crippen molar-refractivity contribution < 1.29 is 0 Å². The third-order valence-electron chi connectivity index (χ3n) is 3.08. The molecular formula is C14H19N5S. The van der Waals surface area contributed by atoms with Gasteiger partial charge in [0.25, 0.3) is 0 Å². The average Bonchev–Trinajstić information content (AvgIpc) is 2.46. The van der Waals surface area contributed by atoms with Crippen LogP contribution in [0.25, 0.3) is 0 Å². The van der Waals surface area contributed by atoms with Crippen LogP contribution in [0.2, 0.25) is 0 Å². The van der Waals surface area contributed by atoms with Gasteiger partial charge < -0.3 is 10.3 Å². The largest absolute Gasteiger partial charge is 0.329 e. The number of benzene rings is 1. The fraction of sp³-hybridized carbons (Fsp3) is 0.286. The van der Waals surface area contributed by atoms with Gasteiger partial charge in [0.1, 0.15) is 11.6 Å². The number of nitrogens with one attached hydrogen (secondary N) is 1. The second-order valence-electron chi connectivity index (χ2n) is 4.59. The molecule has 0 aliphatic rings. The highest BCUT2D eigenvalue weighted by Gasteiger charge is 2.11. The lowest BCUT2D eigenvalue weighted by Crippen LogP contribution is -2.16. The van der Waals surface area contributed by atoms with E-state index in [-0.39, 0.29) is 0 Å². The first-order valence-corrected chi connectivity index (χ1v) is 7.48. The predicted octanol–water partition coefficient (Wildman–Crippen LogP) is 2.87. The Morgan fingerprint density at radius 3 is 2.55 bits per heavy atom. The number of aromatic nitrogens is 2. The number of aryl methyl sites for hydroxylation is 2. The molecule has 0 amide bonds. The monoisotopic (exact) mass is 289 g/mol. The SMILES string of the molecule is CSc1nc(NN)cc(N(C)c2ccc(C)cc2C)n1. The summed E-state index contributed by atoms with van der Waals surface area (Å²) in [5.41, 5.74) is 6.15. The van der Waals surface area contributed by atoms with E-state index in [4.69, 9.17) is 5.84 Å². The zero-order chi connectivity index (χ0) is 14.7. The molecule has 0 bridgehead atoms. The number of nitrogens with two attached hydrogens (primary N) is 1. The van der Waals surface area contributed by atoms with Gasteiger partial charge in [0, 0.05) is 18.8 Å². The van der Waals surface area contributed by atoms with Crippen molar-refractivity contribution in [3.05, 3.63) is 35.4 Å². The van der Waals surface area contributed by atoms with Crippen LogP contribution >= 0.6 is 11.8 Å². The van der Waals surface area contributed by atoms with E-state index in [2.05, 4.69) is 47.4 Å². The van der Waals surface area contributed by atoms with E-state index in [9.17, 15) is 0 Å². The topological polar surface area (TPSA) is 67.1 Å². The third-order valence-corrected chi connectivity index (χ3v) is 3.63. The normalized spacial score (nSPS) is 10.4. The minimum atomic E-state index is 0.607. The predicted molar refractivity (Wildman–Crippen MR) is 85.6 cm³/mol. The summed E-state index contributed by atoms with van der Waals surface area (Å²) in [5, 5.41) is 0.687. The first kappa shape index (κ1) is 14.6. The highest BCUT2D eigenvalue weighted by molar-refractivity contribution is 7.98. The van der Waals surface area contributed by atoms with Crippen molar-refractivity contribution in [2.75, 3.05) is 23.6 Å². The Kier molecular flexibility index (Phi) is 4.46. The second-order valence-corrected chi connectivity index (χ2v) is 5.36. The van der Waals surface area contributed by atoms with Crippen molar-refractivity contribution >= 4 is 29.1 Å². The van der Waals surface area contributed by atoms with Crippen LogP contribution in [0.15, 0.2) is 29.4 Å². The summed E-state index contributed by atoms with van der Waals surface area (Å²) in [5.74, 6) is 6.88. The average molecular weight is 289 g/mol. The van der Waals surface area contributed by atoms with Crippen molar-refractivity contribution in [3.63, 3.8) is 0 Å². The fourth-order valence-corrected chi connectivity index (χ4v) is 2.43. The summed E-state index contributed by atoms with van der Waals surface area (Å²) in [7, 11) is 1.99. The lowest BCUT2D eigenvalue weighted by Gasteiger charge is -2.21. The number of anilines is 3. The Morgan fingerprint density at radius 2 is 1.95 bits per heavy atom. The highest BCUT2D eigenvalue weighted by Crippen LogP contribution is 2.28. The molecule has 0 saturated heterocycles. The van der Waals surface area contributed by atoms with E-state index < -0.39 is 0 Å². The number of thioether (sulfide) groups is 1. The summed E-state index contributed by atoms with van der Waals surface area (Å²) in [6.07, 6.45) is 1.94. The lowest BCUT2D eigenvalue weighted by atomic mass is 10.1. The van der Waals surface area contributed by atoms with Gasteiger partial charge in [-0.1, -0.05) is 29.5 Å². The zero-order valence-corrected chi connectivity index (χ0v) is 13.0. The molecular weight excluding hydrogens is 270 g/mol. The molecule has 20 heavy (non-hydrogen) atoms. The van der Waals surface area contributed by atoms with Gasteiger partial charge in [0.15, 0.2) is 5.16 Å². The van der Waals surface area contributed by atoms with Gasteiger partial charge in [-0.15, -0.1) is 0 Å². The van der Waals surface area contributed by atoms with E-state index in [0.717, 1.165) is 11.5 Å². The molecule has 0 spiro atoms. The molecule has 1 heterocycles. The van der Waals surface area contributed by atoms with Crippen LogP contribution in [0, 0.1) is 13.8 Å². The molecule has 1 aromatic carbocycles. The standard InChI is InChI=1S/C14H19N5S/c1-9-5-6-11(10(2)7-9)19(3)13-8-12(18-15)16-14(17-13)20-4/h5-8H,15H2,1-4H3,(H,16,17,18). The Hall–Kier alpha value is -1.79. The van der Waals surface area contributed by atoms with Crippen LogP contribution in [0.3, 0.4) is 0 Å². The molecule has 1 aromatic heterocycles. The lowest BCUT2D eigenvalue weighted by molar-refractivity contribution is 0.941. The molecule has 0 fully saturated rings. The molecule has 0 atom stereocenters. The molecule has 0 aliphatic carbocycles. The Balaban J connectivity index is 2.44. The number of hydrogen-bond acceptors (Lipinski definition) is 6. The minimum absolute atomic E-state index is 0.607. The number of hydrogen-bond donors (Lipinski definition) is 2. The van der Waals surface area contributed by atoms with Crippen LogP contribution in [0.4, 0.5) is 17.3 Å². The van der Waals surface area contributed by atoms with E-state index in [1.54, 1.807) is 0 Å². The molecule has 3 N–H and O–H groups in total. The maximum Gasteiger partial charge on any atom is 0.191 e. The van der Waals surface area contributed by atoms with Crippen LogP contribution < -0.4 is 16.2 Å². The van der Waals surface area contributed by atoms with Gasteiger partial charge in [0.05, 0.1) is 0 Å². The summed E-state index contributed by atoms with van der Waals surface area (Å²) in [4.78, 5) is 10.8. The summed E-state index contributed by atoms with van der Waals surface area (Å²) >= 11 is 1.49.